The van der Waals surface area contributed by atoms with Crippen molar-refractivity contribution in [2.75, 3.05) is 26.2 Å². The number of carbonyl (C=O) groups is 2. The molecule has 3 saturated heterocycles. The van der Waals surface area contributed by atoms with E-state index in [1.807, 2.05) is 4.90 Å². The largest absolute Gasteiger partial charge is 0.366 e. The lowest BCUT2D eigenvalue weighted by Gasteiger charge is -2.47. The van der Waals surface area contributed by atoms with Crippen molar-refractivity contribution in [3.8, 4) is 0 Å². The predicted molar refractivity (Wildman–Crippen MR) is 105 cm³/mol. The first-order valence-electron chi connectivity index (χ1n) is 10.7. The summed E-state index contributed by atoms with van der Waals surface area (Å²) in [7, 11) is 0. The molecule has 0 aromatic rings. The van der Waals surface area contributed by atoms with Gasteiger partial charge in [-0.25, -0.2) is 4.79 Å². The Labute approximate surface area is 164 Å². The van der Waals surface area contributed by atoms with Gasteiger partial charge in [0.15, 0.2) is 0 Å². The van der Waals surface area contributed by atoms with Crippen molar-refractivity contribution in [3.05, 3.63) is 0 Å². The predicted octanol–water partition coefficient (Wildman–Crippen LogP) is 3.01. The molecule has 3 amide bonds. The van der Waals surface area contributed by atoms with Crippen LogP contribution in [0.5, 0.6) is 0 Å². The average Bonchev–Trinajstić information content (AvgIpc) is 2.61. The number of nitrogens with zero attached hydrogens (tertiary/aromatic N) is 2. The zero-order chi connectivity index (χ0) is 19.6. The molecular formula is C21H37N3O3. The van der Waals surface area contributed by atoms with Crippen molar-refractivity contribution in [2.24, 2.45) is 11.8 Å². The Morgan fingerprint density at radius 1 is 1.15 bits per heavy atom. The Morgan fingerprint density at radius 2 is 1.93 bits per heavy atom. The molecule has 0 aliphatic carbocycles. The van der Waals surface area contributed by atoms with Gasteiger partial charge < -0.3 is 19.9 Å². The molecule has 0 spiro atoms. The van der Waals surface area contributed by atoms with Crippen molar-refractivity contribution in [1.82, 2.24) is 15.1 Å². The highest BCUT2D eigenvalue weighted by Crippen LogP contribution is 2.30. The number of amides is 3. The van der Waals surface area contributed by atoms with Crippen LogP contribution in [0.4, 0.5) is 4.79 Å². The van der Waals surface area contributed by atoms with Crippen LogP contribution in [0, 0.1) is 11.8 Å². The first-order valence-corrected chi connectivity index (χ1v) is 10.7. The zero-order valence-electron chi connectivity index (χ0n) is 17.5. The maximum absolute atomic E-state index is 13.5. The van der Waals surface area contributed by atoms with Crippen LogP contribution < -0.4 is 5.32 Å². The van der Waals surface area contributed by atoms with Crippen molar-refractivity contribution in [1.29, 1.82) is 0 Å². The van der Waals surface area contributed by atoms with Gasteiger partial charge >= 0.3 is 6.03 Å². The van der Waals surface area contributed by atoms with Gasteiger partial charge in [-0.1, -0.05) is 33.1 Å². The van der Waals surface area contributed by atoms with E-state index in [9.17, 15) is 9.59 Å². The number of ether oxygens (including phenoxy) is 1. The molecule has 27 heavy (non-hydrogen) atoms. The summed E-state index contributed by atoms with van der Waals surface area (Å²) in [5.74, 6) is 1.15. The lowest BCUT2D eigenvalue weighted by Crippen LogP contribution is -2.64. The van der Waals surface area contributed by atoms with Gasteiger partial charge in [0.05, 0.1) is 12.1 Å². The van der Waals surface area contributed by atoms with Crippen LogP contribution in [0.25, 0.3) is 0 Å². The summed E-state index contributed by atoms with van der Waals surface area (Å²) < 4.78 is 5.64. The molecule has 0 saturated carbocycles. The second-order valence-electron chi connectivity index (χ2n) is 9.66. The molecule has 3 fully saturated rings. The fourth-order valence-corrected chi connectivity index (χ4v) is 5.00. The Balaban J connectivity index is 1.72. The van der Waals surface area contributed by atoms with Gasteiger partial charge in [-0.2, -0.15) is 0 Å². The summed E-state index contributed by atoms with van der Waals surface area (Å²) in [6.07, 6.45) is 6.76. The van der Waals surface area contributed by atoms with E-state index in [1.54, 1.807) is 0 Å². The SMILES string of the molecule is CC1CCCCC(C)(C)N(C(=O)N2CCC3OCC(=O)NC3C2)CC(C)C1. The van der Waals surface area contributed by atoms with Crippen LogP contribution in [0.1, 0.15) is 66.2 Å². The number of likely N-dealkylation sites (tertiary alicyclic amines) is 1. The molecule has 0 aromatic heterocycles. The van der Waals surface area contributed by atoms with Gasteiger partial charge in [0.1, 0.15) is 6.61 Å². The van der Waals surface area contributed by atoms with Gasteiger partial charge in [-0.15, -0.1) is 0 Å². The van der Waals surface area contributed by atoms with E-state index >= 15 is 0 Å². The van der Waals surface area contributed by atoms with Crippen molar-refractivity contribution in [3.63, 3.8) is 0 Å². The quantitative estimate of drug-likeness (QED) is 0.704. The molecule has 6 heteroatoms. The van der Waals surface area contributed by atoms with E-state index in [1.165, 1.54) is 25.7 Å². The van der Waals surface area contributed by atoms with Gasteiger partial charge in [-0.05, 0) is 44.9 Å². The summed E-state index contributed by atoms with van der Waals surface area (Å²) in [6, 6.07) is 0.0450. The van der Waals surface area contributed by atoms with Crippen LogP contribution in [-0.4, -0.2) is 65.7 Å². The van der Waals surface area contributed by atoms with E-state index in [2.05, 4.69) is 37.9 Å². The number of rotatable bonds is 0. The molecule has 0 radical (unpaired) electrons. The number of nitrogens with one attached hydrogen (secondary N) is 1. The highest BCUT2D eigenvalue weighted by atomic mass is 16.5. The lowest BCUT2D eigenvalue weighted by molar-refractivity contribution is -0.139. The fraction of sp³-hybridized carbons (Fsp3) is 0.905. The topological polar surface area (TPSA) is 61.9 Å². The third-order valence-electron chi connectivity index (χ3n) is 6.59. The molecule has 154 valence electrons. The zero-order valence-corrected chi connectivity index (χ0v) is 17.5. The van der Waals surface area contributed by atoms with Crippen molar-refractivity contribution < 1.29 is 14.3 Å². The normalized spacial score (nSPS) is 35.2. The molecule has 3 aliphatic rings. The number of hydrogen-bond donors (Lipinski definition) is 1. The molecule has 6 nitrogen and oxygen atoms in total. The molecule has 3 aliphatic heterocycles. The fourth-order valence-electron chi connectivity index (χ4n) is 5.00. The number of hydrogen-bond acceptors (Lipinski definition) is 3. The molecule has 4 unspecified atom stereocenters. The van der Waals surface area contributed by atoms with E-state index in [4.69, 9.17) is 4.74 Å². The van der Waals surface area contributed by atoms with Gasteiger partial charge in [0.25, 0.3) is 0 Å². The van der Waals surface area contributed by atoms with Gasteiger partial charge in [0, 0.05) is 25.2 Å². The monoisotopic (exact) mass is 379 g/mol. The number of carbonyl (C=O) groups excluding carboxylic acids is 2. The number of morpholine rings is 1. The Morgan fingerprint density at radius 3 is 2.70 bits per heavy atom. The molecule has 3 rings (SSSR count). The smallest absolute Gasteiger partial charge is 0.320 e. The second-order valence-corrected chi connectivity index (χ2v) is 9.66. The summed E-state index contributed by atoms with van der Waals surface area (Å²) in [4.78, 5) is 29.2. The second kappa shape index (κ2) is 8.38. The minimum Gasteiger partial charge on any atom is -0.366 e. The van der Waals surface area contributed by atoms with E-state index in [0.717, 1.165) is 25.3 Å². The molecule has 4 atom stereocenters. The van der Waals surface area contributed by atoms with Crippen LogP contribution in [0.3, 0.4) is 0 Å². The number of urea groups is 1. The van der Waals surface area contributed by atoms with Gasteiger partial charge in [-0.3, -0.25) is 4.79 Å². The first-order chi connectivity index (χ1) is 12.8. The van der Waals surface area contributed by atoms with E-state index < -0.39 is 0 Å². The van der Waals surface area contributed by atoms with Gasteiger partial charge in [0.2, 0.25) is 5.91 Å². The average molecular weight is 380 g/mol. The third-order valence-corrected chi connectivity index (χ3v) is 6.59. The maximum atomic E-state index is 13.5. The highest BCUT2D eigenvalue weighted by Gasteiger charge is 2.40. The van der Waals surface area contributed by atoms with E-state index in [-0.39, 0.29) is 36.2 Å². The highest BCUT2D eigenvalue weighted by molar-refractivity contribution is 5.79. The van der Waals surface area contributed by atoms with Crippen molar-refractivity contribution in [2.45, 2.75) is 83.9 Å². The van der Waals surface area contributed by atoms with E-state index in [0.29, 0.717) is 19.0 Å². The minimum atomic E-state index is -0.144. The summed E-state index contributed by atoms with van der Waals surface area (Å²) >= 11 is 0. The molecule has 3 heterocycles. The lowest BCUT2D eigenvalue weighted by atomic mass is 9.86. The Hall–Kier alpha value is -1.30. The Bertz CT molecular complexity index is 551. The molecule has 0 bridgehead atoms. The summed E-state index contributed by atoms with van der Waals surface area (Å²) in [5, 5.41) is 3.01. The molecular weight excluding hydrogens is 342 g/mol. The minimum absolute atomic E-state index is 0.0404. The maximum Gasteiger partial charge on any atom is 0.320 e. The Kier molecular flexibility index (Phi) is 6.34. The van der Waals surface area contributed by atoms with Crippen LogP contribution in [-0.2, 0) is 9.53 Å². The summed E-state index contributed by atoms with van der Waals surface area (Å²) in [5.41, 5.74) is -0.144. The molecule has 0 aromatic carbocycles. The number of piperidine rings is 1. The first kappa shape index (κ1) is 20.4. The van der Waals surface area contributed by atoms with Crippen LogP contribution >= 0.6 is 0 Å². The number of fused-ring (bicyclic) bond motifs is 1. The standard InChI is InChI=1S/C21H37N3O3/c1-15-7-5-6-9-21(3,4)24(12-16(2)11-15)20(26)23-10-8-18-17(13-23)22-19(25)14-27-18/h15-18H,5-14H2,1-4H3,(H,22,25). The third kappa shape index (κ3) is 4.95. The van der Waals surface area contributed by atoms with Crippen LogP contribution in [0.2, 0.25) is 0 Å². The molecule has 1 N–H and O–H groups in total. The summed E-state index contributed by atoms with van der Waals surface area (Å²) in [6.45, 7) is 11.2. The van der Waals surface area contributed by atoms with Crippen molar-refractivity contribution >= 4 is 11.9 Å². The van der Waals surface area contributed by atoms with Crippen LogP contribution in [0.15, 0.2) is 0 Å².